The predicted molar refractivity (Wildman–Crippen MR) is 150 cm³/mol. The topological polar surface area (TPSA) is 72.8 Å². The van der Waals surface area contributed by atoms with Gasteiger partial charge in [0.15, 0.2) is 6.10 Å². The van der Waals surface area contributed by atoms with E-state index < -0.39 is 6.10 Å². The Morgan fingerprint density at radius 1 is 0.528 bits per heavy atom. The summed E-state index contributed by atoms with van der Waals surface area (Å²) >= 11 is 0. The van der Waals surface area contributed by atoms with E-state index in [0.29, 0.717) is 12.8 Å². The van der Waals surface area contributed by atoms with E-state index in [1.54, 1.807) is 0 Å². The van der Waals surface area contributed by atoms with E-state index in [1.165, 1.54) is 109 Å². The first-order chi connectivity index (χ1) is 17.6. The van der Waals surface area contributed by atoms with Crippen LogP contribution in [0.15, 0.2) is 0 Å². The fourth-order valence-corrected chi connectivity index (χ4v) is 4.49. The van der Waals surface area contributed by atoms with Gasteiger partial charge < -0.3 is 14.6 Å². The summed E-state index contributed by atoms with van der Waals surface area (Å²) in [5, 5.41) is 9.45. The lowest BCUT2D eigenvalue weighted by molar-refractivity contribution is -0.161. The van der Waals surface area contributed by atoms with Crippen LogP contribution in [0.1, 0.15) is 168 Å². The fraction of sp³-hybridized carbons (Fsp3) is 0.935. The second kappa shape index (κ2) is 28.5. The molecule has 1 atom stereocenters. The lowest BCUT2D eigenvalue weighted by Crippen LogP contribution is -2.28. The molecule has 0 aliphatic rings. The number of rotatable bonds is 28. The highest BCUT2D eigenvalue weighted by atomic mass is 16.6. The summed E-state index contributed by atoms with van der Waals surface area (Å²) in [6.07, 6.45) is 27.2. The van der Waals surface area contributed by atoms with Gasteiger partial charge in [0.05, 0.1) is 6.61 Å². The van der Waals surface area contributed by atoms with E-state index in [1.807, 2.05) is 0 Å². The number of esters is 2. The average Bonchev–Trinajstić information content (AvgIpc) is 2.88. The molecule has 0 aromatic rings. The normalized spacial score (nSPS) is 12.0. The van der Waals surface area contributed by atoms with Crippen LogP contribution in [0, 0.1) is 0 Å². The van der Waals surface area contributed by atoms with Crippen LogP contribution in [0.5, 0.6) is 0 Å². The molecule has 0 saturated heterocycles. The molecule has 5 nitrogen and oxygen atoms in total. The molecule has 0 aromatic heterocycles. The van der Waals surface area contributed by atoms with Gasteiger partial charge in [-0.25, -0.2) is 0 Å². The van der Waals surface area contributed by atoms with Crippen LogP contribution >= 0.6 is 0 Å². The smallest absolute Gasteiger partial charge is 0.306 e. The number of hydrogen-bond donors (Lipinski definition) is 1. The maximum Gasteiger partial charge on any atom is 0.306 e. The second-order valence-corrected chi connectivity index (χ2v) is 10.5. The van der Waals surface area contributed by atoms with Crippen molar-refractivity contribution in [2.75, 3.05) is 13.2 Å². The molecule has 0 saturated carbocycles. The summed E-state index contributed by atoms with van der Waals surface area (Å²) in [6.45, 7) is 4.10. The Morgan fingerprint density at radius 3 is 1.22 bits per heavy atom. The van der Waals surface area contributed by atoms with Gasteiger partial charge >= 0.3 is 11.9 Å². The molecule has 0 radical (unpaired) electrons. The molecule has 1 N–H and O–H groups in total. The van der Waals surface area contributed by atoms with E-state index in [2.05, 4.69) is 13.8 Å². The third-order valence-corrected chi connectivity index (χ3v) is 6.90. The van der Waals surface area contributed by atoms with Crippen molar-refractivity contribution in [3.05, 3.63) is 0 Å². The Balaban J connectivity index is 3.55. The van der Waals surface area contributed by atoms with Crippen molar-refractivity contribution in [3.8, 4) is 0 Å². The average molecular weight is 513 g/mol. The first-order valence-electron chi connectivity index (χ1n) is 15.6. The van der Waals surface area contributed by atoms with Crippen LogP contribution in [0.3, 0.4) is 0 Å². The number of carbonyl (C=O) groups is 2. The first kappa shape index (κ1) is 34.9. The van der Waals surface area contributed by atoms with Gasteiger partial charge in [0.25, 0.3) is 0 Å². The highest BCUT2D eigenvalue weighted by Gasteiger charge is 2.16. The first-order valence-corrected chi connectivity index (χ1v) is 15.6. The van der Waals surface area contributed by atoms with Crippen LogP contribution in [-0.4, -0.2) is 36.4 Å². The van der Waals surface area contributed by atoms with Crippen molar-refractivity contribution < 1.29 is 24.2 Å². The quantitative estimate of drug-likeness (QED) is 0.0837. The number of unbranched alkanes of at least 4 members (excludes halogenated alkanes) is 20. The minimum absolute atomic E-state index is 0.0583. The summed E-state index contributed by atoms with van der Waals surface area (Å²) in [5.41, 5.74) is 0. The zero-order valence-corrected chi connectivity index (χ0v) is 24.0. The Hall–Kier alpha value is -1.10. The highest BCUT2D eigenvalue weighted by molar-refractivity contribution is 5.70. The van der Waals surface area contributed by atoms with E-state index in [4.69, 9.17) is 9.47 Å². The van der Waals surface area contributed by atoms with Gasteiger partial charge in [0.1, 0.15) is 6.61 Å². The number of hydrogen-bond acceptors (Lipinski definition) is 5. The van der Waals surface area contributed by atoms with Crippen LogP contribution in [0.25, 0.3) is 0 Å². The van der Waals surface area contributed by atoms with Gasteiger partial charge in [-0.2, -0.15) is 0 Å². The molecule has 0 aliphatic carbocycles. The van der Waals surface area contributed by atoms with Gasteiger partial charge in [-0.1, -0.05) is 142 Å². The van der Waals surface area contributed by atoms with Gasteiger partial charge in [-0.15, -0.1) is 0 Å². The molecule has 36 heavy (non-hydrogen) atoms. The fourth-order valence-electron chi connectivity index (χ4n) is 4.49. The van der Waals surface area contributed by atoms with Crippen LogP contribution in [-0.2, 0) is 19.1 Å². The monoisotopic (exact) mass is 512 g/mol. The lowest BCUT2D eigenvalue weighted by atomic mass is 10.0. The van der Waals surface area contributed by atoms with Gasteiger partial charge in [-0.3, -0.25) is 9.59 Å². The molecule has 0 bridgehead atoms. The van der Waals surface area contributed by atoms with E-state index in [-0.39, 0.29) is 25.2 Å². The summed E-state index contributed by atoms with van der Waals surface area (Å²) in [4.78, 5) is 24.0. The van der Waals surface area contributed by atoms with Crippen molar-refractivity contribution in [1.29, 1.82) is 0 Å². The van der Waals surface area contributed by atoms with E-state index >= 15 is 0 Å². The van der Waals surface area contributed by atoms with Crippen molar-refractivity contribution in [2.45, 2.75) is 174 Å². The Bertz CT molecular complexity index is 480. The zero-order valence-electron chi connectivity index (χ0n) is 24.0. The standard InChI is InChI=1S/C31H60O5/c1-3-5-7-9-11-13-14-15-16-18-19-21-23-25-30(33)35-28-29(27-32)36-31(34)26-24-22-20-17-12-10-8-6-4-2/h29,32H,3-28H2,1-2H3. The molecular weight excluding hydrogens is 452 g/mol. The SMILES string of the molecule is CCCCCCCCCCCCCCCC(=O)OCC(CO)OC(=O)CCCCCCCCCCC. The van der Waals surface area contributed by atoms with Gasteiger partial charge in [0, 0.05) is 12.8 Å². The Labute approximate surface area is 223 Å². The molecule has 0 amide bonds. The van der Waals surface area contributed by atoms with Crippen molar-refractivity contribution in [2.24, 2.45) is 0 Å². The molecule has 0 fully saturated rings. The molecule has 1 unspecified atom stereocenters. The third kappa shape index (κ3) is 26.0. The number of ether oxygens (including phenoxy) is 2. The van der Waals surface area contributed by atoms with Crippen molar-refractivity contribution >= 4 is 11.9 Å². The molecule has 0 spiro atoms. The Morgan fingerprint density at radius 2 is 0.861 bits per heavy atom. The predicted octanol–water partition coefficient (Wildman–Crippen LogP) is 8.84. The number of aliphatic hydroxyl groups excluding tert-OH is 1. The largest absolute Gasteiger partial charge is 0.462 e. The Kier molecular flexibility index (Phi) is 27.6. The minimum Gasteiger partial charge on any atom is -0.462 e. The van der Waals surface area contributed by atoms with E-state index in [9.17, 15) is 14.7 Å². The molecule has 214 valence electrons. The summed E-state index contributed by atoms with van der Waals surface area (Å²) in [6, 6.07) is 0. The summed E-state index contributed by atoms with van der Waals surface area (Å²) < 4.78 is 10.5. The van der Waals surface area contributed by atoms with Crippen LogP contribution < -0.4 is 0 Å². The molecule has 5 heteroatoms. The number of aliphatic hydroxyl groups is 1. The van der Waals surface area contributed by atoms with Gasteiger partial charge in [-0.05, 0) is 12.8 Å². The number of carbonyl (C=O) groups excluding carboxylic acids is 2. The molecule has 0 rings (SSSR count). The maximum absolute atomic E-state index is 12.0. The third-order valence-electron chi connectivity index (χ3n) is 6.90. The van der Waals surface area contributed by atoms with Crippen molar-refractivity contribution in [3.63, 3.8) is 0 Å². The van der Waals surface area contributed by atoms with Crippen LogP contribution in [0.4, 0.5) is 0 Å². The van der Waals surface area contributed by atoms with Gasteiger partial charge in [0.2, 0.25) is 0 Å². The summed E-state index contributed by atoms with van der Waals surface area (Å²) in [7, 11) is 0. The highest BCUT2D eigenvalue weighted by Crippen LogP contribution is 2.14. The second-order valence-electron chi connectivity index (χ2n) is 10.5. The molecule has 0 aromatic carbocycles. The van der Waals surface area contributed by atoms with Crippen LogP contribution in [0.2, 0.25) is 0 Å². The van der Waals surface area contributed by atoms with Crippen molar-refractivity contribution in [1.82, 2.24) is 0 Å². The lowest BCUT2D eigenvalue weighted by Gasteiger charge is -2.15. The minimum atomic E-state index is -0.758. The molecule has 0 heterocycles. The molecule has 0 aliphatic heterocycles. The summed E-state index contributed by atoms with van der Waals surface area (Å²) in [5.74, 6) is -0.587. The maximum atomic E-state index is 12.0. The zero-order chi connectivity index (χ0) is 26.5. The van der Waals surface area contributed by atoms with E-state index in [0.717, 1.165) is 32.1 Å². The molecular formula is C31H60O5.